The van der Waals surface area contributed by atoms with E-state index in [0.717, 1.165) is 0 Å². The van der Waals surface area contributed by atoms with Crippen LogP contribution < -0.4 is 11.1 Å². The second kappa shape index (κ2) is 6.00. The van der Waals surface area contributed by atoms with Crippen LogP contribution in [0, 0.1) is 0 Å². The van der Waals surface area contributed by atoms with Gasteiger partial charge in [0.25, 0.3) is 0 Å². The number of nitrogens with zero attached hydrogens (tertiary/aromatic N) is 2. The molecule has 108 valence electrons. The van der Waals surface area contributed by atoms with Crippen molar-refractivity contribution in [1.82, 2.24) is 9.80 Å². The molecule has 0 spiro atoms. The fourth-order valence-electron chi connectivity index (χ4n) is 2.00. The minimum atomic E-state index is -0.193. The number of likely N-dealkylation sites (N-methyl/N-ethyl adjacent to an activating group) is 1. The number of amides is 3. The maximum atomic E-state index is 11.9. The molecule has 1 heterocycles. The molecule has 0 aliphatic carbocycles. The predicted molar refractivity (Wildman–Crippen MR) is 78.7 cm³/mol. The molecular weight excluding hydrogens is 280 g/mol. The predicted octanol–water partition coefficient (Wildman–Crippen LogP) is 1.62. The van der Waals surface area contributed by atoms with Gasteiger partial charge in [-0.3, -0.25) is 4.79 Å². The van der Waals surface area contributed by atoms with Crippen LogP contribution in [0.2, 0.25) is 5.02 Å². The molecular formula is C13H17ClN4O2. The van der Waals surface area contributed by atoms with Crippen LogP contribution in [-0.2, 0) is 4.79 Å². The minimum absolute atomic E-state index is 0.0416. The fourth-order valence-corrected chi connectivity index (χ4v) is 2.17. The number of hydrogen-bond acceptors (Lipinski definition) is 3. The van der Waals surface area contributed by atoms with E-state index in [1.54, 1.807) is 35.0 Å². The number of urea groups is 1. The first-order valence-electron chi connectivity index (χ1n) is 6.32. The SMILES string of the molecule is CN1CCN(CCC(=O)Nc2cc(Cl)ccc2N)C1=O. The van der Waals surface area contributed by atoms with Gasteiger partial charge in [-0.1, -0.05) is 11.6 Å². The molecule has 1 aliphatic rings. The Labute approximate surface area is 122 Å². The van der Waals surface area contributed by atoms with E-state index >= 15 is 0 Å². The molecule has 1 aromatic carbocycles. The zero-order chi connectivity index (χ0) is 14.7. The van der Waals surface area contributed by atoms with Crippen molar-refractivity contribution < 1.29 is 9.59 Å². The summed E-state index contributed by atoms with van der Waals surface area (Å²) >= 11 is 5.85. The molecule has 0 unspecified atom stereocenters. The molecule has 0 aromatic heterocycles. The minimum Gasteiger partial charge on any atom is -0.397 e. The van der Waals surface area contributed by atoms with Gasteiger partial charge in [-0.15, -0.1) is 0 Å². The van der Waals surface area contributed by atoms with Gasteiger partial charge in [0.15, 0.2) is 0 Å². The van der Waals surface area contributed by atoms with Crippen LogP contribution in [0.25, 0.3) is 0 Å². The molecule has 1 fully saturated rings. The summed E-state index contributed by atoms with van der Waals surface area (Å²) in [7, 11) is 1.75. The lowest BCUT2D eigenvalue weighted by molar-refractivity contribution is -0.116. The maximum absolute atomic E-state index is 11.9. The van der Waals surface area contributed by atoms with Crippen LogP contribution in [-0.4, -0.2) is 48.4 Å². The highest BCUT2D eigenvalue weighted by atomic mass is 35.5. The van der Waals surface area contributed by atoms with Gasteiger partial charge >= 0.3 is 6.03 Å². The Kier molecular flexibility index (Phi) is 4.34. The number of hydrogen-bond donors (Lipinski definition) is 2. The molecule has 6 nitrogen and oxygen atoms in total. The Balaban J connectivity index is 1.87. The lowest BCUT2D eigenvalue weighted by Crippen LogP contribution is -2.32. The van der Waals surface area contributed by atoms with Gasteiger partial charge < -0.3 is 20.9 Å². The van der Waals surface area contributed by atoms with E-state index in [2.05, 4.69) is 5.32 Å². The van der Waals surface area contributed by atoms with Crippen molar-refractivity contribution in [2.75, 3.05) is 37.7 Å². The summed E-state index contributed by atoms with van der Waals surface area (Å²) in [6.07, 6.45) is 0.228. The zero-order valence-electron chi connectivity index (χ0n) is 11.2. The maximum Gasteiger partial charge on any atom is 0.319 e. The zero-order valence-corrected chi connectivity index (χ0v) is 12.0. The first-order valence-corrected chi connectivity index (χ1v) is 6.70. The van der Waals surface area contributed by atoms with E-state index in [0.29, 0.717) is 36.0 Å². The number of nitrogens with two attached hydrogens (primary N) is 1. The average Bonchev–Trinajstić information content (AvgIpc) is 2.72. The Hall–Kier alpha value is -1.95. The number of anilines is 2. The van der Waals surface area contributed by atoms with Crippen LogP contribution >= 0.6 is 11.6 Å². The Morgan fingerprint density at radius 3 is 2.85 bits per heavy atom. The van der Waals surface area contributed by atoms with Crippen molar-refractivity contribution in [1.29, 1.82) is 0 Å². The van der Waals surface area contributed by atoms with Gasteiger partial charge in [-0.05, 0) is 18.2 Å². The van der Waals surface area contributed by atoms with Gasteiger partial charge in [0.1, 0.15) is 0 Å². The van der Waals surface area contributed by atoms with E-state index in [4.69, 9.17) is 17.3 Å². The summed E-state index contributed by atoms with van der Waals surface area (Å²) in [5.41, 5.74) is 6.70. The third-order valence-electron chi connectivity index (χ3n) is 3.20. The largest absolute Gasteiger partial charge is 0.397 e. The lowest BCUT2D eigenvalue weighted by Gasteiger charge is -2.15. The van der Waals surface area contributed by atoms with Crippen molar-refractivity contribution in [2.45, 2.75) is 6.42 Å². The molecule has 3 amide bonds. The monoisotopic (exact) mass is 296 g/mol. The Morgan fingerprint density at radius 1 is 1.45 bits per heavy atom. The van der Waals surface area contributed by atoms with Crippen LogP contribution in [0.5, 0.6) is 0 Å². The van der Waals surface area contributed by atoms with Gasteiger partial charge in [-0.2, -0.15) is 0 Å². The number of nitrogen functional groups attached to an aromatic ring is 1. The number of carbonyl (C=O) groups excluding carboxylic acids is 2. The highest BCUT2D eigenvalue weighted by Crippen LogP contribution is 2.23. The molecule has 0 radical (unpaired) electrons. The number of rotatable bonds is 4. The molecule has 3 N–H and O–H groups in total. The smallest absolute Gasteiger partial charge is 0.319 e. The molecule has 20 heavy (non-hydrogen) atoms. The first kappa shape index (κ1) is 14.5. The van der Waals surface area contributed by atoms with Crippen LogP contribution in [0.1, 0.15) is 6.42 Å². The second-order valence-electron chi connectivity index (χ2n) is 4.72. The summed E-state index contributed by atoms with van der Waals surface area (Å²) in [6.45, 7) is 1.75. The van der Waals surface area contributed by atoms with E-state index in [9.17, 15) is 9.59 Å². The van der Waals surface area contributed by atoms with Crippen LogP contribution in [0.3, 0.4) is 0 Å². The number of carbonyl (C=O) groups is 2. The summed E-state index contributed by atoms with van der Waals surface area (Å²) in [5, 5.41) is 3.21. The van der Waals surface area contributed by atoms with Crippen LogP contribution in [0.15, 0.2) is 18.2 Å². The first-order chi connectivity index (χ1) is 9.47. The molecule has 1 aromatic rings. The van der Waals surface area contributed by atoms with Gasteiger partial charge in [0.2, 0.25) is 5.91 Å². The highest BCUT2D eigenvalue weighted by Gasteiger charge is 2.25. The van der Waals surface area contributed by atoms with Gasteiger partial charge in [0, 0.05) is 38.1 Å². The summed E-state index contributed by atoms with van der Waals surface area (Å²) in [6, 6.07) is 4.85. The molecule has 1 saturated heterocycles. The van der Waals surface area contributed by atoms with Gasteiger partial charge in [0.05, 0.1) is 11.4 Å². The molecule has 1 aliphatic heterocycles. The van der Waals surface area contributed by atoms with Crippen molar-refractivity contribution in [3.05, 3.63) is 23.2 Å². The number of benzene rings is 1. The number of nitrogens with one attached hydrogen (secondary N) is 1. The Morgan fingerprint density at radius 2 is 2.20 bits per heavy atom. The quantitative estimate of drug-likeness (QED) is 0.829. The molecule has 7 heteroatoms. The van der Waals surface area contributed by atoms with Crippen molar-refractivity contribution in [3.8, 4) is 0 Å². The normalized spacial score (nSPS) is 14.8. The van der Waals surface area contributed by atoms with Crippen molar-refractivity contribution >= 4 is 34.9 Å². The van der Waals surface area contributed by atoms with Gasteiger partial charge in [-0.25, -0.2) is 4.79 Å². The third kappa shape index (κ3) is 3.33. The van der Waals surface area contributed by atoms with E-state index < -0.39 is 0 Å². The third-order valence-corrected chi connectivity index (χ3v) is 3.44. The summed E-state index contributed by atoms with van der Waals surface area (Å²) in [4.78, 5) is 26.8. The molecule has 2 rings (SSSR count). The molecule has 0 bridgehead atoms. The fraction of sp³-hybridized carbons (Fsp3) is 0.385. The van der Waals surface area contributed by atoms with Crippen molar-refractivity contribution in [2.24, 2.45) is 0 Å². The van der Waals surface area contributed by atoms with Crippen LogP contribution in [0.4, 0.5) is 16.2 Å². The molecule has 0 atom stereocenters. The molecule has 0 saturated carbocycles. The standard InChI is InChI=1S/C13H17ClN4O2/c1-17-6-7-18(13(17)20)5-4-12(19)16-11-8-9(14)2-3-10(11)15/h2-3,8H,4-7,15H2,1H3,(H,16,19). The van der Waals surface area contributed by atoms with E-state index in [-0.39, 0.29) is 18.4 Å². The second-order valence-corrected chi connectivity index (χ2v) is 5.16. The lowest BCUT2D eigenvalue weighted by atomic mass is 10.2. The number of halogens is 1. The highest BCUT2D eigenvalue weighted by molar-refractivity contribution is 6.31. The summed E-state index contributed by atoms with van der Waals surface area (Å²) in [5.74, 6) is -0.193. The van der Waals surface area contributed by atoms with E-state index in [1.807, 2.05) is 0 Å². The average molecular weight is 297 g/mol. The van der Waals surface area contributed by atoms with E-state index in [1.165, 1.54) is 0 Å². The summed E-state index contributed by atoms with van der Waals surface area (Å²) < 4.78 is 0. The topological polar surface area (TPSA) is 78.7 Å². The van der Waals surface area contributed by atoms with Crippen molar-refractivity contribution in [3.63, 3.8) is 0 Å². The Bertz CT molecular complexity index is 535.